The first-order valence-electron chi connectivity index (χ1n) is 6.55. The van der Waals surface area contributed by atoms with E-state index in [1.165, 1.54) is 6.42 Å². The fraction of sp³-hybridized carbons (Fsp3) is 0.571. The van der Waals surface area contributed by atoms with Gasteiger partial charge in [-0.25, -0.2) is 0 Å². The second kappa shape index (κ2) is 5.48. The SMILES string of the molecule is C[C@@H](NC(=O)CC1(CN)CCC1)c1cccnc1. The summed E-state index contributed by atoms with van der Waals surface area (Å²) >= 11 is 0. The smallest absolute Gasteiger partial charge is 0.221 e. The Bertz CT molecular complexity index is 395. The summed E-state index contributed by atoms with van der Waals surface area (Å²) in [6.45, 7) is 2.59. The highest BCUT2D eigenvalue weighted by molar-refractivity contribution is 5.77. The second-order valence-corrected chi connectivity index (χ2v) is 5.31. The zero-order valence-corrected chi connectivity index (χ0v) is 10.9. The maximum Gasteiger partial charge on any atom is 0.221 e. The molecule has 1 amide bonds. The molecule has 1 aromatic heterocycles. The van der Waals surface area contributed by atoms with Crippen molar-refractivity contribution in [1.29, 1.82) is 0 Å². The first-order chi connectivity index (χ1) is 8.65. The molecule has 0 aliphatic heterocycles. The molecular formula is C14H21N3O. The topological polar surface area (TPSA) is 68.0 Å². The number of hydrogen-bond donors (Lipinski definition) is 2. The second-order valence-electron chi connectivity index (χ2n) is 5.31. The number of pyridine rings is 1. The molecule has 2 rings (SSSR count). The average molecular weight is 247 g/mol. The quantitative estimate of drug-likeness (QED) is 0.833. The number of carbonyl (C=O) groups is 1. The van der Waals surface area contributed by atoms with Crippen LogP contribution in [0.25, 0.3) is 0 Å². The molecule has 0 aromatic carbocycles. The molecule has 3 N–H and O–H groups in total. The Morgan fingerprint density at radius 3 is 2.89 bits per heavy atom. The predicted octanol–water partition coefficient (Wildman–Crippen LogP) is 1.78. The lowest BCUT2D eigenvalue weighted by Crippen LogP contribution is -2.42. The van der Waals surface area contributed by atoms with E-state index >= 15 is 0 Å². The molecule has 0 saturated heterocycles. The van der Waals surface area contributed by atoms with Crippen molar-refractivity contribution in [2.75, 3.05) is 6.54 Å². The van der Waals surface area contributed by atoms with Crippen LogP contribution < -0.4 is 11.1 Å². The summed E-state index contributed by atoms with van der Waals surface area (Å²) in [7, 11) is 0. The van der Waals surface area contributed by atoms with Gasteiger partial charge in [0.15, 0.2) is 0 Å². The molecule has 1 heterocycles. The van der Waals surface area contributed by atoms with Gasteiger partial charge in [-0.1, -0.05) is 12.5 Å². The summed E-state index contributed by atoms with van der Waals surface area (Å²) in [5, 5.41) is 3.02. The van der Waals surface area contributed by atoms with Crippen LogP contribution in [0.1, 0.15) is 44.2 Å². The highest BCUT2D eigenvalue weighted by Crippen LogP contribution is 2.42. The van der Waals surface area contributed by atoms with Crippen LogP contribution in [0.5, 0.6) is 0 Å². The first kappa shape index (κ1) is 13.0. The Kier molecular flexibility index (Phi) is 3.97. The number of aromatic nitrogens is 1. The molecule has 1 saturated carbocycles. The van der Waals surface area contributed by atoms with Crippen LogP contribution in [-0.4, -0.2) is 17.4 Å². The van der Waals surface area contributed by atoms with Crippen molar-refractivity contribution in [3.8, 4) is 0 Å². The van der Waals surface area contributed by atoms with Crippen molar-refractivity contribution in [1.82, 2.24) is 10.3 Å². The molecule has 1 atom stereocenters. The monoisotopic (exact) mass is 247 g/mol. The number of hydrogen-bond acceptors (Lipinski definition) is 3. The lowest BCUT2D eigenvalue weighted by Gasteiger charge is -2.40. The third kappa shape index (κ3) is 2.88. The van der Waals surface area contributed by atoms with Crippen LogP contribution in [0.2, 0.25) is 0 Å². The van der Waals surface area contributed by atoms with E-state index in [2.05, 4.69) is 10.3 Å². The first-order valence-corrected chi connectivity index (χ1v) is 6.55. The molecule has 18 heavy (non-hydrogen) atoms. The molecule has 98 valence electrons. The van der Waals surface area contributed by atoms with E-state index in [4.69, 9.17) is 5.73 Å². The molecule has 1 aliphatic rings. The Morgan fingerprint density at radius 1 is 1.61 bits per heavy atom. The molecule has 0 radical (unpaired) electrons. The minimum Gasteiger partial charge on any atom is -0.350 e. The zero-order chi connectivity index (χ0) is 13.0. The van der Waals surface area contributed by atoms with Crippen molar-refractivity contribution in [2.24, 2.45) is 11.1 Å². The molecule has 1 aliphatic carbocycles. The summed E-state index contributed by atoms with van der Waals surface area (Å²) in [6.07, 6.45) is 7.43. The Morgan fingerprint density at radius 2 is 2.39 bits per heavy atom. The highest BCUT2D eigenvalue weighted by Gasteiger charge is 2.37. The third-order valence-corrected chi connectivity index (χ3v) is 3.94. The number of amides is 1. The van der Waals surface area contributed by atoms with E-state index in [0.717, 1.165) is 18.4 Å². The van der Waals surface area contributed by atoms with Crippen molar-refractivity contribution >= 4 is 5.91 Å². The van der Waals surface area contributed by atoms with E-state index in [1.807, 2.05) is 19.1 Å². The van der Waals surface area contributed by atoms with Crippen LogP contribution in [0, 0.1) is 5.41 Å². The van der Waals surface area contributed by atoms with Gasteiger partial charge in [0.2, 0.25) is 5.91 Å². The lowest BCUT2D eigenvalue weighted by molar-refractivity contribution is -0.125. The number of nitrogens with one attached hydrogen (secondary N) is 1. The maximum atomic E-state index is 12.0. The van der Waals surface area contributed by atoms with Crippen molar-refractivity contribution < 1.29 is 4.79 Å². The Hall–Kier alpha value is -1.42. The molecule has 1 aromatic rings. The Labute approximate surface area is 108 Å². The molecular weight excluding hydrogens is 226 g/mol. The molecule has 4 nitrogen and oxygen atoms in total. The summed E-state index contributed by atoms with van der Waals surface area (Å²) in [5.41, 5.74) is 6.87. The standard InChI is InChI=1S/C14H21N3O/c1-11(12-4-2-7-16-9-12)17-13(18)8-14(10-15)5-3-6-14/h2,4,7,9,11H,3,5-6,8,10,15H2,1H3,(H,17,18)/t11-/m1/s1. The van der Waals surface area contributed by atoms with E-state index in [9.17, 15) is 4.79 Å². The lowest BCUT2D eigenvalue weighted by atomic mass is 9.66. The fourth-order valence-electron chi connectivity index (χ4n) is 2.48. The number of rotatable bonds is 5. The fourth-order valence-corrected chi connectivity index (χ4v) is 2.48. The summed E-state index contributed by atoms with van der Waals surface area (Å²) in [4.78, 5) is 16.1. The largest absolute Gasteiger partial charge is 0.350 e. The van der Waals surface area contributed by atoms with Gasteiger partial charge in [0.25, 0.3) is 0 Å². The van der Waals surface area contributed by atoms with Crippen LogP contribution in [0.3, 0.4) is 0 Å². The summed E-state index contributed by atoms with van der Waals surface area (Å²) in [6, 6.07) is 3.85. The van der Waals surface area contributed by atoms with Gasteiger partial charge in [0.1, 0.15) is 0 Å². The van der Waals surface area contributed by atoms with Gasteiger partial charge >= 0.3 is 0 Å². The summed E-state index contributed by atoms with van der Waals surface area (Å²) in [5.74, 6) is 0.0940. The minimum atomic E-state index is 0.00102. The van der Waals surface area contributed by atoms with Gasteiger partial charge in [0, 0.05) is 18.8 Å². The highest BCUT2D eigenvalue weighted by atomic mass is 16.1. The van der Waals surface area contributed by atoms with E-state index in [1.54, 1.807) is 12.4 Å². The Balaban J connectivity index is 1.88. The normalized spacial score (nSPS) is 18.8. The maximum absolute atomic E-state index is 12.0. The van der Waals surface area contributed by atoms with E-state index < -0.39 is 0 Å². The van der Waals surface area contributed by atoms with E-state index in [-0.39, 0.29) is 17.4 Å². The zero-order valence-electron chi connectivity index (χ0n) is 10.9. The van der Waals surface area contributed by atoms with Crippen LogP contribution in [-0.2, 0) is 4.79 Å². The van der Waals surface area contributed by atoms with Crippen LogP contribution in [0.4, 0.5) is 0 Å². The van der Waals surface area contributed by atoms with Crippen LogP contribution >= 0.6 is 0 Å². The average Bonchev–Trinajstić information content (AvgIpc) is 2.35. The molecule has 0 spiro atoms. The number of nitrogens with two attached hydrogens (primary N) is 1. The number of nitrogens with zero attached hydrogens (tertiary/aromatic N) is 1. The van der Waals surface area contributed by atoms with Crippen LogP contribution in [0.15, 0.2) is 24.5 Å². The van der Waals surface area contributed by atoms with Gasteiger partial charge in [0.05, 0.1) is 6.04 Å². The van der Waals surface area contributed by atoms with Gasteiger partial charge in [-0.05, 0) is 43.4 Å². The minimum absolute atomic E-state index is 0.00102. The molecule has 0 unspecified atom stereocenters. The van der Waals surface area contributed by atoms with Crippen molar-refractivity contribution in [3.05, 3.63) is 30.1 Å². The number of carbonyl (C=O) groups excluding carboxylic acids is 1. The van der Waals surface area contributed by atoms with Gasteiger partial charge < -0.3 is 11.1 Å². The predicted molar refractivity (Wildman–Crippen MR) is 70.8 cm³/mol. The molecule has 4 heteroatoms. The van der Waals surface area contributed by atoms with Gasteiger partial charge in [-0.3, -0.25) is 9.78 Å². The van der Waals surface area contributed by atoms with Crippen molar-refractivity contribution in [2.45, 2.75) is 38.6 Å². The molecule has 1 fully saturated rings. The summed E-state index contributed by atoms with van der Waals surface area (Å²) < 4.78 is 0. The molecule has 0 bridgehead atoms. The van der Waals surface area contributed by atoms with E-state index in [0.29, 0.717) is 13.0 Å². The third-order valence-electron chi connectivity index (χ3n) is 3.94. The van der Waals surface area contributed by atoms with Gasteiger partial charge in [-0.15, -0.1) is 0 Å². The van der Waals surface area contributed by atoms with Crippen molar-refractivity contribution in [3.63, 3.8) is 0 Å². The van der Waals surface area contributed by atoms with Gasteiger partial charge in [-0.2, -0.15) is 0 Å².